The summed E-state index contributed by atoms with van der Waals surface area (Å²) >= 11 is 0. The van der Waals surface area contributed by atoms with Gasteiger partial charge in [-0.2, -0.15) is 5.10 Å². The normalized spacial score (nSPS) is 17.2. The number of rotatable bonds is 4. The molecule has 4 rings (SSSR count). The van der Waals surface area contributed by atoms with Crippen molar-refractivity contribution in [1.82, 2.24) is 19.2 Å². The summed E-state index contributed by atoms with van der Waals surface area (Å²) < 4.78 is 3.92. The van der Waals surface area contributed by atoms with E-state index in [9.17, 15) is 4.79 Å². The van der Waals surface area contributed by atoms with Crippen LogP contribution in [0.25, 0.3) is 0 Å². The molecule has 0 bridgehead atoms. The molecule has 1 amide bonds. The second-order valence-corrected chi connectivity index (χ2v) is 6.66. The molecule has 0 aliphatic carbocycles. The van der Waals surface area contributed by atoms with E-state index in [2.05, 4.69) is 9.67 Å². The van der Waals surface area contributed by atoms with Crippen molar-refractivity contribution in [1.29, 1.82) is 0 Å². The van der Waals surface area contributed by atoms with E-state index >= 15 is 0 Å². The first-order valence-electron chi connectivity index (χ1n) is 8.70. The molecule has 0 spiro atoms. The number of likely N-dealkylation sites (tertiary alicyclic amines) is 1. The predicted molar refractivity (Wildman–Crippen MR) is 96.2 cm³/mol. The van der Waals surface area contributed by atoms with Gasteiger partial charge >= 0.3 is 0 Å². The van der Waals surface area contributed by atoms with Crippen LogP contribution in [0.5, 0.6) is 0 Å². The number of carbonyl (C=O) groups is 1. The van der Waals surface area contributed by atoms with Crippen LogP contribution in [0.15, 0.2) is 61.2 Å². The van der Waals surface area contributed by atoms with Crippen molar-refractivity contribution in [2.75, 3.05) is 6.54 Å². The van der Waals surface area contributed by atoms with Crippen molar-refractivity contribution < 1.29 is 4.79 Å². The van der Waals surface area contributed by atoms with E-state index in [1.807, 2.05) is 73.1 Å². The second-order valence-electron chi connectivity index (χ2n) is 6.66. The van der Waals surface area contributed by atoms with Gasteiger partial charge in [0.25, 0.3) is 5.91 Å². The summed E-state index contributed by atoms with van der Waals surface area (Å²) in [5.74, 6) is 0.110. The van der Waals surface area contributed by atoms with E-state index in [1.54, 1.807) is 4.68 Å². The number of aromatic nitrogens is 3. The molecule has 1 saturated heterocycles. The number of aryl methyl sites for hydroxylation is 1. The standard InChI is InChI=1S/C20H22N4O/c1-22-15-18(13-21-22)19-5-4-12-24(19)20(25)17-8-6-16(7-9-17)14-23-10-2-3-11-23/h2-3,6-11,13,15,19H,4-5,12,14H2,1H3. The average Bonchev–Trinajstić information content (AvgIpc) is 3.36. The van der Waals surface area contributed by atoms with E-state index in [4.69, 9.17) is 0 Å². The van der Waals surface area contributed by atoms with Gasteiger partial charge in [-0.1, -0.05) is 12.1 Å². The molecule has 0 radical (unpaired) electrons. The lowest BCUT2D eigenvalue weighted by Crippen LogP contribution is -2.30. The van der Waals surface area contributed by atoms with Crippen LogP contribution < -0.4 is 0 Å². The summed E-state index contributed by atoms with van der Waals surface area (Å²) in [4.78, 5) is 14.9. The molecule has 25 heavy (non-hydrogen) atoms. The quantitative estimate of drug-likeness (QED) is 0.735. The topological polar surface area (TPSA) is 43.1 Å². The number of hydrogen-bond acceptors (Lipinski definition) is 2. The van der Waals surface area contributed by atoms with Gasteiger partial charge < -0.3 is 9.47 Å². The van der Waals surface area contributed by atoms with Gasteiger partial charge in [-0.3, -0.25) is 9.48 Å². The molecule has 5 nitrogen and oxygen atoms in total. The highest BCUT2D eigenvalue weighted by atomic mass is 16.2. The zero-order valence-corrected chi connectivity index (χ0v) is 14.4. The maximum atomic E-state index is 13.0. The molecular weight excluding hydrogens is 312 g/mol. The average molecular weight is 334 g/mol. The largest absolute Gasteiger partial charge is 0.350 e. The third kappa shape index (κ3) is 3.22. The predicted octanol–water partition coefficient (Wildman–Crippen LogP) is 3.25. The first kappa shape index (κ1) is 15.7. The summed E-state index contributed by atoms with van der Waals surface area (Å²) in [6.07, 6.45) is 10.0. The lowest BCUT2D eigenvalue weighted by atomic mass is 10.1. The fourth-order valence-corrected chi connectivity index (χ4v) is 3.57. The Morgan fingerprint density at radius 1 is 1.20 bits per heavy atom. The van der Waals surface area contributed by atoms with Crippen LogP contribution in [-0.2, 0) is 13.6 Å². The van der Waals surface area contributed by atoms with Gasteiger partial charge in [0.05, 0.1) is 12.2 Å². The molecular formula is C20H22N4O. The molecule has 3 heterocycles. The van der Waals surface area contributed by atoms with E-state index < -0.39 is 0 Å². The number of nitrogens with zero attached hydrogens (tertiary/aromatic N) is 4. The van der Waals surface area contributed by atoms with Crippen LogP contribution in [0.2, 0.25) is 0 Å². The summed E-state index contributed by atoms with van der Waals surface area (Å²) in [5, 5.41) is 4.25. The summed E-state index contributed by atoms with van der Waals surface area (Å²) in [6.45, 7) is 1.63. The Kier molecular flexibility index (Phi) is 4.14. The number of benzene rings is 1. The molecule has 1 unspecified atom stereocenters. The number of hydrogen-bond donors (Lipinski definition) is 0. The van der Waals surface area contributed by atoms with Crippen LogP contribution in [0.1, 0.15) is 40.4 Å². The zero-order chi connectivity index (χ0) is 17.2. The molecule has 3 aromatic rings. The number of amides is 1. The maximum Gasteiger partial charge on any atom is 0.254 e. The Balaban J connectivity index is 1.50. The van der Waals surface area contributed by atoms with Crippen LogP contribution in [0, 0.1) is 0 Å². The highest BCUT2D eigenvalue weighted by molar-refractivity contribution is 5.94. The van der Waals surface area contributed by atoms with Crippen molar-refractivity contribution in [2.45, 2.75) is 25.4 Å². The Hall–Kier alpha value is -2.82. The van der Waals surface area contributed by atoms with Gasteiger partial charge in [-0.25, -0.2) is 0 Å². The molecule has 1 aliphatic rings. The Morgan fingerprint density at radius 3 is 2.64 bits per heavy atom. The van der Waals surface area contributed by atoms with E-state index in [-0.39, 0.29) is 11.9 Å². The van der Waals surface area contributed by atoms with Crippen molar-refractivity contribution >= 4 is 5.91 Å². The molecule has 0 N–H and O–H groups in total. The van der Waals surface area contributed by atoms with E-state index in [1.165, 1.54) is 5.56 Å². The Morgan fingerprint density at radius 2 is 1.96 bits per heavy atom. The fourth-order valence-electron chi connectivity index (χ4n) is 3.57. The van der Waals surface area contributed by atoms with Crippen LogP contribution in [0.3, 0.4) is 0 Å². The highest BCUT2D eigenvalue weighted by Crippen LogP contribution is 2.32. The van der Waals surface area contributed by atoms with Crippen LogP contribution in [-0.4, -0.2) is 31.7 Å². The Labute approximate surface area is 147 Å². The fraction of sp³-hybridized carbons (Fsp3) is 0.300. The molecule has 1 aromatic carbocycles. The van der Waals surface area contributed by atoms with Crippen molar-refractivity contribution in [3.05, 3.63) is 77.9 Å². The van der Waals surface area contributed by atoms with Crippen LogP contribution in [0.4, 0.5) is 0 Å². The molecule has 5 heteroatoms. The smallest absolute Gasteiger partial charge is 0.254 e. The van der Waals surface area contributed by atoms with Gasteiger partial charge in [0.15, 0.2) is 0 Å². The minimum atomic E-state index is 0.110. The molecule has 1 aliphatic heterocycles. The third-order valence-electron chi connectivity index (χ3n) is 4.86. The lowest BCUT2D eigenvalue weighted by Gasteiger charge is -2.24. The van der Waals surface area contributed by atoms with Gasteiger partial charge in [-0.15, -0.1) is 0 Å². The molecule has 0 saturated carbocycles. The second kappa shape index (κ2) is 6.59. The van der Waals surface area contributed by atoms with E-state index in [0.29, 0.717) is 0 Å². The Bertz CT molecular complexity index is 848. The SMILES string of the molecule is Cn1cc(C2CCCN2C(=O)c2ccc(Cn3cccc3)cc2)cn1. The van der Waals surface area contributed by atoms with Gasteiger partial charge in [0.1, 0.15) is 0 Å². The van der Waals surface area contributed by atoms with Crippen molar-refractivity contribution in [3.63, 3.8) is 0 Å². The minimum Gasteiger partial charge on any atom is -0.350 e. The van der Waals surface area contributed by atoms with Crippen molar-refractivity contribution in [3.8, 4) is 0 Å². The first-order valence-corrected chi connectivity index (χ1v) is 8.70. The molecule has 128 valence electrons. The summed E-state index contributed by atoms with van der Waals surface area (Å²) in [5.41, 5.74) is 3.07. The van der Waals surface area contributed by atoms with Gasteiger partial charge in [0.2, 0.25) is 0 Å². The number of carbonyl (C=O) groups excluding carboxylic acids is 1. The summed E-state index contributed by atoms with van der Waals surface area (Å²) in [6, 6.07) is 12.2. The van der Waals surface area contributed by atoms with E-state index in [0.717, 1.165) is 37.1 Å². The zero-order valence-electron chi connectivity index (χ0n) is 14.4. The van der Waals surface area contributed by atoms with Gasteiger partial charge in [0, 0.05) is 49.9 Å². The molecule has 1 fully saturated rings. The highest BCUT2D eigenvalue weighted by Gasteiger charge is 2.31. The summed E-state index contributed by atoms with van der Waals surface area (Å²) in [7, 11) is 1.91. The minimum absolute atomic E-state index is 0.110. The molecule has 2 aromatic heterocycles. The monoisotopic (exact) mass is 334 g/mol. The maximum absolute atomic E-state index is 13.0. The molecule has 1 atom stereocenters. The first-order chi connectivity index (χ1) is 12.2. The third-order valence-corrected chi connectivity index (χ3v) is 4.86. The lowest BCUT2D eigenvalue weighted by molar-refractivity contribution is 0.0735. The van der Waals surface area contributed by atoms with Crippen molar-refractivity contribution in [2.24, 2.45) is 7.05 Å². The van der Waals surface area contributed by atoms with Crippen LogP contribution >= 0.6 is 0 Å². The van der Waals surface area contributed by atoms with Gasteiger partial charge in [-0.05, 0) is 42.7 Å².